The van der Waals surface area contributed by atoms with E-state index in [0.717, 1.165) is 65.2 Å². The Labute approximate surface area is 246 Å². The topological polar surface area (TPSA) is 17.6 Å². The standard InChI is InChI=1S/C38H20F2N4/c39-29-35-36(42-18-22-10-2-6-14-26(22)32(42)31-25-13-5-1-9-21(25)17-41(31)35)30(40)38-37(29)43-19-23-11-3-7-15-27(23)33(43)34-28-16-8-4-12-24(28)20-44(34)38/h1-20H. The van der Waals surface area contributed by atoms with Gasteiger partial charge in [-0.05, 0) is 0 Å². The first-order chi connectivity index (χ1) is 21.7. The summed E-state index contributed by atoms with van der Waals surface area (Å²) in [6.45, 7) is 0. The van der Waals surface area contributed by atoms with Crippen LogP contribution in [0, 0.1) is 11.6 Å². The molecule has 0 radical (unpaired) electrons. The van der Waals surface area contributed by atoms with Gasteiger partial charge in [0.15, 0.2) is 11.6 Å². The van der Waals surface area contributed by atoms with Gasteiger partial charge in [0, 0.05) is 67.9 Å². The van der Waals surface area contributed by atoms with Gasteiger partial charge in [-0.3, -0.25) is 0 Å². The zero-order chi connectivity index (χ0) is 28.8. The van der Waals surface area contributed by atoms with Crippen molar-refractivity contribution in [1.29, 1.82) is 0 Å². The van der Waals surface area contributed by atoms with E-state index in [1.54, 1.807) is 0 Å². The Bertz CT molecular complexity index is 2670. The van der Waals surface area contributed by atoms with Gasteiger partial charge in [0.25, 0.3) is 0 Å². The normalized spacial score (nSPS) is 12.8. The van der Waals surface area contributed by atoms with Crippen molar-refractivity contribution in [2.45, 2.75) is 0 Å². The van der Waals surface area contributed by atoms with E-state index in [-0.39, 0.29) is 22.1 Å². The average Bonchev–Trinajstić information content (AvgIpc) is 3.81. The lowest BCUT2D eigenvalue weighted by Crippen LogP contribution is -2.07. The molecule has 11 aromatic rings. The quantitative estimate of drug-likeness (QED) is 0.162. The molecule has 0 amide bonds. The Hall–Kier alpha value is -5.88. The SMILES string of the molecule is Fc1c2c(c(F)c3c1n1cc4ccccc4c1c1c4ccccc4cn31)n1cc3ccccc3c1c1c3ccccc3cn21. The number of fused-ring (bicyclic) bond motifs is 20. The maximum absolute atomic E-state index is 17.7. The number of benzene rings is 5. The minimum atomic E-state index is -0.466. The Morgan fingerprint density at radius 2 is 0.523 bits per heavy atom. The molecule has 0 fully saturated rings. The van der Waals surface area contributed by atoms with Gasteiger partial charge in [-0.25, -0.2) is 8.78 Å². The van der Waals surface area contributed by atoms with Gasteiger partial charge in [0.05, 0.1) is 22.1 Å². The van der Waals surface area contributed by atoms with Crippen LogP contribution < -0.4 is 0 Å². The summed E-state index contributed by atoms with van der Waals surface area (Å²) in [6.07, 6.45) is 7.76. The predicted molar refractivity (Wildman–Crippen MR) is 175 cm³/mol. The van der Waals surface area contributed by atoms with Crippen molar-refractivity contribution >= 4 is 87.2 Å². The molecule has 0 bridgehead atoms. The first-order valence-electron chi connectivity index (χ1n) is 14.7. The van der Waals surface area contributed by atoms with Crippen LogP contribution in [0.4, 0.5) is 8.78 Å². The molecule has 0 aliphatic heterocycles. The molecule has 0 saturated heterocycles. The molecule has 6 aromatic heterocycles. The summed E-state index contributed by atoms with van der Waals surface area (Å²) >= 11 is 0. The first-order valence-corrected chi connectivity index (χ1v) is 14.7. The van der Waals surface area contributed by atoms with Crippen molar-refractivity contribution in [3.05, 3.63) is 133 Å². The number of rotatable bonds is 0. The van der Waals surface area contributed by atoms with Crippen LogP contribution in [0.5, 0.6) is 0 Å². The second-order valence-corrected chi connectivity index (χ2v) is 11.8. The van der Waals surface area contributed by atoms with E-state index in [1.165, 1.54) is 0 Å². The third-order valence-electron chi connectivity index (χ3n) is 9.59. The minimum absolute atomic E-state index is 0.212. The highest BCUT2D eigenvalue weighted by atomic mass is 19.1. The lowest BCUT2D eigenvalue weighted by atomic mass is 10.1. The van der Waals surface area contributed by atoms with Crippen molar-refractivity contribution in [3.8, 4) is 0 Å². The Morgan fingerprint density at radius 1 is 0.295 bits per heavy atom. The molecule has 6 heteroatoms. The summed E-state index contributed by atoms with van der Waals surface area (Å²) in [6, 6.07) is 32.2. The first kappa shape index (κ1) is 22.7. The number of nitrogens with zero attached hydrogens (tertiary/aromatic N) is 4. The van der Waals surface area contributed by atoms with Crippen LogP contribution in [0.25, 0.3) is 87.2 Å². The minimum Gasteiger partial charge on any atom is -0.309 e. The van der Waals surface area contributed by atoms with Crippen molar-refractivity contribution in [2.24, 2.45) is 0 Å². The lowest BCUT2D eigenvalue weighted by Gasteiger charge is -2.16. The summed E-state index contributed by atoms with van der Waals surface area (Å²) in [7, 11) is 0. The molecule has 0 atom stereocenters. The maximum Gasteiger partial charge on any atom is 0.175 e. The fraction of sp³-hybridized carbons (Fsp3) is 0. The zero-order valence-corrected chi connectivity index (χ0v) is 23.1. The summed E-state index contributed by atoms with van der Waals surface area (Å²) in [5.41, 5.74) is 4.27. The van der Waals surface area contributed by atoms with Crippen molar-refractivity contribution in [2.75, 3.05) is 0 Å². The molecule has 4 nitrogen and oxygen atoms in total. The van der Waals surface area contributed by atoms with E-state index >= 15 is 8.78 Å². The second-order valence-electron chi connectivity index (χ2n) is 11.8. The predicted octanol–water partition coefficient (Wildman–Crippen LogP) is 9.89. The largest absolute Gasteiger partial charge is 0.309 e. The number of hydrogen-bond acceptors (Lipinski definition) is 0. The fourth-order valence-corrected chi connectivity index (χ4v) is 7.83. The third-order valence-corrected chi connectivity index (χ3v) is 9.59. The van der Waals surface area contributed by atoms with Crippen molar-refractivity contribution < 1.29 is 8.78 Å². The van der Waals surface area contributed by atoms with Crippen LogP contribution in [0.1, 0.15) is 0 Å². The lowest BCUT2D eigenvalue weighted by molar-refractivity contribution is 0.621. The number of halogens is 2. The molecule has 0 unspecified atom stereocenters. The van der Waals surface area contributed by atoms with Crippen LogP contribution in [0.2, 0.25) is 0 Å². The monoisotopic (exact) mass is 570 g/mol. The van der Waals surface area contributed by atoms with Gasteiger partial charge < -0.3 is 17.6 Å². The highest BCUT2D eigenvalue weighted by molar-refractivity contribution is 6.19. The Balaban J connectivity index is 1.54. The molecule has 0 N–H and O–H groups in total. The summed E-state index contributed by atoms with van der Waals surface area (Å²) in [5, 5.41) is 7.85. The van der Waals surface area contributed by atoms with Crippen LogP contribution >= 0.6 is 0 Å². The summed E-state index contributed by atoms with van der Waals surface area (Å²) in [4.78, 5) is 0. The van der Waals surface area contributed by atoms with E-state index in [9.17, 15) is 0 Å². The average molecular weight is 571 g/mol. The van der Waals surface area contributed by atoms with Gasteiger partial charge >= 0.3 is 0 Å². The number of aromatic nitrogens is 4. The molecule has 11 rings (SSSR count). The molecule has 6 heterocycles. The molecular formula is C38H20F2N4. The van der Waals surface area contributed by atoms with E-state index in [4.69, 9.17) is 0 Å². The van der Waals surface area contributed by atoms with E-state index in [2.05, 4.69) is 24.3 Å². The molecule has 0 aliphatic carbocycles. The van der Waals surface area contributed by atoms with Crippen LogP contribution in [0.3, 0.4) is 0 Å². The van der Waals surface area contributed by atoms with Gasteiger partial charge in [-0.2, -0.15) is 0 Å². The van der Waals surface area contributed by atoms with E-state index < -0.39 is 11.6 Å². The van der Waals surface area contributed by atoms with E-state index in [0.29, 0.717) is 0 Å². The van der Waals surface area contributed by atoms with Gasteiger partial charge in [-0.15, -0.1) is 0 Å². The molecule has 206 valence electrons. The zero-order valence-electron chi connectivity index (χ0n) is 23.1. The molecule has 0 saturated carbocycles. The molecular weight excluding hydrogens is 550 g/mol. The van der Waals surface area contributed by atoms with Crippen LogP contribution in [-0.2, 0) is 0 Å². The Morgan fingerprint density at radius 3 is 0.773 bits per heavy atom. The third kappa shape index (κ3) is 2.48. The van der Waals surface area contributed by atoms with Gasteiger partial charge in [0.2, 0.25) is 0 Å². The fourth-order valence-electron chi connectivity index (χ4n) is 7.83. The van der Waals surface area contributed by atoms with Crippen molar-refractivity contribution in [1.82, 2.24) is 17.6 Å². The maximum atomic E-state index is 17.7. The van der Waals surface area contributed by atoms with Crippen LogP contribution in [-0.4, -0.2) is 17.6 Å². The molecule has 0 spiro atoms. The molecule has 5 aromatic carbocycles. The van der Waals surface area contributed by atoms with Crippen molar-refractivity contribution in [3.63, 3.8) is 0 Å². The Kier molecular flexibility index (Phi) is 3.89. The summed E-state index contributed by atoms with van der Waals surface area (Å²) < 4.78 is 42.9. The van der Waals surface area contributed by atoms with Gasteiger partial charge in [-0.1, -0.05) is 97.1 Å². The van der Waals surface area contributed by atoms with Gasteiger partial charge in [0.1, 0.15) is 22.1 Å². The smallest absolute Gasteiger partial charge is 0.175 e. The highest BCUT2D eigenvalue weighted by Gasteiger charge is 2.28. The summed E-state index contributed by atoms with van der Waals surface area (Å²) in [5.74, 6) is -0.933. The molecule has 44 heavy (non-hydrogen) atoms. The van der Waals surface area contributed by atoms with Crippen LogP contribution in [0.15, 0.2) is 122 Å². The highest BCUT2D eigenvalue weighted by Crippen LogP contribution is 2.42. The van der Waals surface area contributed by atoms with E-state index in [1.807, 2.05) is 115 Å². The molecule has 0 aliphatic rings. The number of hydrogen-bond donors (Lipinski definition) is 0. The second kappa shape index (κ2) is 7.54.